The Bertz CT molecular complexity index is 1140. The van der Waals surface area contributed by atoms with Crippen LogP contribution in [0, 0.1) is 6.92 Å². The van der Waals surface area contributed by atoms with Crippen LogP contribution in [0.25, 0.3) is 5.69 Å². The van der Waals surface area contributed by atoms with Crippen molar-refractivity contribution < 1.29 is 14.3 Å². The van der Waals surface area contributed by atoms with E-state index >= 15 is 0 Å². The first kappa shape index (κ1) is 20.8. The fraction of sp³-hybridized carbons (Fsp3) is 0.333. The van der Waals surface area contributed by atoms with Gasteiger partial charge in [-0.2, -0.15) is 0 Å². The highest BCUT2D eigenvalue weighted by Gasteiger charge is 2.21. The number of methoxy groups -OCH3 is 1. The van der Waals surface area contributed by atoms with Crippen molar-refractivity contribution in [1.29, 1.82) is 0 Å². The number of hydrogen-bond acceptors (Lipinski definition) is 4. The van der Waals surface area contributed by atoms with E-state index in [1.165, 1.54) is 17.5 Å². The van der Waals surface area contributed by atoms with Crippen LogP contribution >= 0.6 is 0 Å². The van der Waals surface area contributed by atoms with Gasteiger partial charge in [-0.3, -0.25) is 14.3 Å². The standard InChI is InChI=1S/C24H27N3O4/c1-16-22(24(29)27(26(16)2)18-9-5-4-6-10-18)25-23(28)17-13-14-20(21(15-17)30-3)31-19-11-7-8-12-19/h4-6,9-10,13-15,19H,7-8,11-12H2,1-3H3,(H,25,28). The van der Waals surface area contributed by atoms with Gasteiger partial charge in [0.25, 0.3) is 11.5 Å². The van der Waals surface area contributed by atoms with Crippen LogP contribution in [-0.2, 0) is 7.05 Å². The molecule has 1 fully saturated rings. The van der Waals surface area contributed by atoms with Crippen LogP contribution in [-0.4, -0.2) is 28.5 Å². The van der Waals surface area contributed by atoms with Crippen LogP contribution in [0.3, 0.4) is 0 Å². The first-order valence-corrected chi connectivity index (χ1v) is 10.5. The van der Waals surface area contributed by atoms with Crippen LogP contribution < -0.4 is 20.3 Å². The molecule has 0 spiro atoms. The summed E-state index contributed by atoms with van der Waals surface area (Å²) in [6.45, 7) is 1.80. The molecule has 0 saturated heterocycles. The summed E-state index contributed by atoms with van der Waals surface area (Å²) in [7, 11) is 3.34. The Morgan fingerprint density at radius 3 is 2.45 bits per heavy atom. The number of nitrogens with one attached hydrogen (secondary N) is 1. The van der Waals surface area contributed by atoms with Gasteiger partial charge in [0, 0.05) is 12.6 Å². The fourth-order valence-corrected chi connectivity index (χ4v) is 3.99. The first-order valence-electron chi connectivity index (χ1n) is 10.5. The molecule has 3 aromatic rings. The molecule has 31 heavy (non-hydrogen) atoms. The zero-order chi connectivity index (χ0) is 22.0. The van der Waals surface area contributed by atoms with Gasteiger partial charge in [0.1, 0.15) is 5.69 Å². The Morgan fingerprint density at radius 2 is 1.77 bits per heavy atom. The average Bonchev–Trinajstić information content (AvgIpc) is 3.37. The third-order valence-electron chi connectivity index (χ3n) is 5.81. The second-order valence-corrected chi connectivity index (χ2v) is 7.78. The van der Waals surface area contributed by atoms with E-state index in [0.29, 0.717) is 22.8 Å². The molecule has 1 N–H and O–H groups in total. The fourth-order valence-electron chi connectivity index (χ4n) is 3.99. The number of rotatable bonds is 6. The lowest BCUT2D eigenvalue weighted by Crippen LogP contribution is -2.23. The number of amides is 1. The summed E-state index contributed by atoms with van der Waals surface area (Å²) in [5, 5.41) is 2.78. The number of para-hydroxylation sites is 1. The SMILES string of the molecule is COc1cc(C(=O)Nc2c(C)n(C)n(-c3ccccc3)c2=O)ccc1OC1CCCC1. The number of anilines is 1. The van der Waals surface area contributed by atoms with Gasteiger partial charge >= 0.3 is 0 Å². The molecule has 0 bridgehead atoms. The molecular weight excluding hydrogens is 394 g/mol. The van der Waals surface area contributed by atoms with Gasteiger partial charge in [-0.25, -0.2) is 4.68 Å². The zero-order valence-electron chi connectivity index (χ0n) is 18.1. The first-order chi connectivity index (χ1) is 15.0. The number of carbonyl (C=O) groups excluding carboxylic acids is 1. The molecule has 162 valence electrons. The van der Waals surface area contributed by atoms with Crippen LogP contribution in [0.1, 0.15) is 41.7 Å². The predicted molar refractivity (Wildman–Crippen MR) is 120 cm³/mol. The minimum atomic E-state index is -0.378. The zero-order valence-corrected chi connectivity index (χ0v) is 18.1. The number of ether oxygens (including phenoxy) is 2. The Balaban J connectivity index is 1.59. The van der Waals surface area contributed by atoms with Crippen molar-refractivity contribution in [2.75, 3.05) is 12.4 Å². The minimum absolute atomic E-state index is 0.192. The largest absolute Gasteiger partial charge is 0.493 e. The molecule has 1 aromatic heterocycles. The number of aromatic nitrogens is 2. The van der Waals surface area contributed by atoms with E-state index in [0.717, 1.165) is 18.5 Å². The van der Waals surface area contributed by atoms with Crippen LogP contribution in [0.15, 0.2) is 53.3 Å². The molecule has 0 radical (unpaired) electrons. The van der Waals surface area contributed by atoms with Gasteiger partial charge in [-0.15, -0.1) is 0 Å². The molecule has 1 heterocycles. The van der Waals surface area contributed by atoms with Crippen molar-refractivity contribution in [3.63, 3.8) is 0 Å². The second kappa shape index (κ2) is 8.71. The lowest BCUT2D eigenvalue weighted by Gasteiger charge is -2.16. The number of carbonyl (C=O) groups is 1. The molecule has 1 amide bonds. The normalized spacial score (nSPS) is 13.9. The van der Waals surface area contributed by atoms with Crippen molar-refractivity contribution in [1.82, 2.24) is 9.36 Å². The third-order valence-corrected chi connectivity index (χ3v) is 5.81. The summed E-state index contributed by atoms with van der Waals surface area (Å²) in [5.41, 5.74) is 1.75. The summed E-state index contributed by atoms with van der Waals surface area (Å²) in [6.07, 6.45) is 4.60. The molecule has 2 aromatic carbocycles. The van der Waals surface area contributed by atoms with Gasteiger partial charge in [0.05, 0.1) is 24.6 Å². The molecular formula is C24H27N3O4. The van der Waals surface area contributed by atoms with E-state index < -0.39 is 0 Å². The number of benzene rings is 2. The summed E-state index contributed by atoms with van der Waals surface area (Å²) < 4.78 is 14.8. The maximum Gasteiger partial charge on any atom is 0.295 e. The molecule has 7 nitrogen and oxygen atoms in total. The Hall–Kier alpha value is -3.48. The molecule has 1 aliphatic carbocycles. The summed E-state index contributed by atoms with van der Waals surface area (Å²) in [6, 6.07) is 14.4. The highest BCUT2D eigenvalue weighted by molar-refractivity contribution is 6.04. The smallest absolute Gasteiger partial charge is 0.295 e. The van der Waals surface area contributed by atoms with E-state index in [9.17, 15) is 9.59 Å². The summed E-state index contributed by atoms with van der Waals surface area (Å²) in [5.74, 6) is 0.760. The van der Waals surface area contributed by atoms with E-state index in [2.05, 4.69) is 5.32 Å². The van der Waals surface area contributed by atoms with Gasteiger partial charge < -0.3 is 14.8 Å². The van der Waals surface area contributed by atoms with E-state index in [-0.39, 0.29) is 23.3 Å². The van der Waals surface area contributed by atoms with Gasteiger partial charge in [0.15, 0.2) is 11.5 Å². The molecule has 0 unspecified atom stereocenters. The molecule has 1 saturated carbocycles. The molecule has 1 aliphatic rings. The number of hydrogen-bond donors (Lipinski definition) is 1. The maximum atomic E-state index is 13.0. The lowest BCUT2D eigenvalue weighted by atomic mass is 10.1. The highest BCUT2D eigenvalue weighted by atomic mass is 16.5. The quantitative estimate of drug-likeness (QED) is 0.651. The summed E-state index contributed by atoms with van der Waals surface area (Å²) >= 11 is 0. The minimum Gasteiger partial charge on any atom is -0.493 e. The van der Waals surface area contributed by atoms with Gasteiger partial charge in [0.2, 0.25) is 0 Å². The van der Waals surface area contributed by atoms with E-state index in [1.807, 2.05) is 30.3 Å². The Labute approximate surface area is 181 Å². The summed E-state index contributed by atoms with van der Waals surface area (Å²) in [4.78, 5) is 26.0. The molecule has 0 aliphatic heterocycles. The topological polar surface area (TPSA) is 74.5 Å². The van der Waals surface area contributed by atoms with Gasteiger partial charge in [-0.1, -0.05) is 18.2 Å². The van der Waals surface area contributed by atoms with Crippen LogP contribution in [0.5, 0.6) is 11.5 Å². The second-order valence-electron chi connectivity index (χ2n) is 7.78. The predicted octanol–water partition coefficient (Wildman–Crippen LogP) is 4.07. The molecule has 7 heteroatoms. The average molecular weight is 421 g/mol. The van der Waals surface area contributed by atoms with Gasteiger partial charge in [-0.05, 0) is 62.9 Å². The van der Waals surface area contributed by atoms with Crippen molar-refractivity contribution >= 4 is 11.6 Å². The Morgan fingerprint density at radius 1 is 1.06 bits per heavy atom. The monoisotopic (exact) mass is 421 g/mol. The third kappa shape index (κ3) is 4.08. The Kier molecular flexibility index (Phi) is 5.84. The molecule has 4 rings (SSSR count). The van der Waals surface area contributed by atoms with Crippen molar-refractivity contribution in [3.8, 4) is 17.2 Å². The number of nitrogens with zero attached hydrogens (tertiary/aromatic N) is 2. The van der Waals surface area contributed by atoms with Crippen molar-refractivity contribution in [3.05, 3.63) is 70.1 Å². The van der Waals surface area contributed by atoms with E-state index in [1.54, 1.807) is 44.0 Å². The van der Waals surface area contributed by atoms with Crippen LogP contribution in [0.4, 0.5) is 5.69 Å². The maximum absolute atomic E-state index is 13.0. The van der Waals surface area contributed by atoms with E-state index in [4.69, 9.17) is 9.47 Å². The van der Waals surface area contributed by atoms with Crippen LogP contribution in [0.2, 0.25) is 0 Å². The van der Waals surface area contributed by atoms with Crippen molar-refractivity contribution in [2.24, 2.45) is 7.05 Å². The molecule has 0 atom stereocenters. The lowest BCUT2D eigenvalue weighted by molar-refractivity contribution is 0.102. The highest BCUT2D eigenvalue weighted by Crippen LogP contribution is 2.32. The van der Waals surface area contributed by atoms with Crippen molar-refractivity contribution in [2.45, 2.75) is 38.7 Å².